The Hall–Kier alpha value is -2.51. The van der Waals surface area contributed by atoms with E-state index >= 15 is 0 Å². The molecule has 7 nitrogen and oxygen atoms in total. The monoisotopic (exact) mass is 393 g/mol. The molecule has 27 heavy (non-hydrogen) atoms. The van der Waals surface area contributed by atoms with Crippen LogP contribution >= 0.6 is 11.6 Å². The SMILES string of the molecule is CO\N=C1/C=C/C=C\[C@H]2O[C@@H]2C[C@@H](C)OC(=O)c2c(O)cc(O)c(Cl)c2C1. The van der Waals surface area contributed by atoms with Gasteiger partial charge in [-0.15, -0.1) is 0 Å². The number of hydrogen-bond acceptors (Lipinski definition) is 7. The number of oxime groups is 1. The number of carbonyl (C=O) groups excluding carboxylic acids is 1. The predicted molar refractivity (Wildman–Crippen MR) is 99.4 cm³/mol. The second kappa shape index (κ2) is 8.02. The highest BCUT2D eigenvalue weighted by atomic mass is 35.5. The van der Waals surface area contributed by atoms with E-state index in [4.69, 9.17) is 25.9 Å². The first-order chi connectivity index (χ1) is 12.9. The van der Waals surface area contributed by atoms with Crippen molar-refractivity contribution in [1.29, 1.82) is 0 Å². The number of aromatic hydroxyl groups is 2. The lowest BCUT2D eigenvalue weighted by Gasteiger charge is -2.17. The number of esters is 1. The number of halogens is 1. The molecule has 2 N–H and O–H groups in total. The van der Waals surface area contributed by atoms with Crippen molar-refractivity contribution >= 4 is 23.3 Å². The summed E-state index contributed by atoms with van der Waals surface area (Å²) in [5.41, 5.74) is 0.526. The summed E-state index contributed by atoms with van der Waals surface area (Å²) in [5.74, 6) is -1.50. The molecule has 2 aliphatic rings. The lowest BCUT2D eigenvalue weighted by Crippen LogP contribution is -2.19. The Morgan fingerprint density at radius 3 is 2.81 bits per heavy atom. The first-order valence-electron chi connectivity index (χ1n) is 8.45. The molecule has 0 unspecified atom stereocenters. The van der Waals surface area contributed by atoms with Crippen LogP contribution in [-0.4, -0.2) is 47.3 Å². The Morgan fingerprint density at radius 2 is 2.07 bits per heavy atom. The molecular formula is C19H20ClNO6. The Labute approximate surface area is 161 Å². The van der Waals surface area contributed by atoms with Crippen molar-refractivity contribution in [3.63, 3.8) is 0 Å². The molecule has 144 valence electrons. The van der Waals surface area contributed by atoms with Gasteiger partial charge in [0.05, 0.1) is 16.8 Å². The van der Waals surface area contributed by atoms with Gasteiger partial charge >= 0.3 is 5.97 Å². The van der Waals surface area contributed by atoms with Gasteiger partial charge in [-0.25, -0.2) is 4.79 Å². The number of rotatable bonds is 1. The van der Waals surface area contributed by atoms with Crippen molar-refractivity contribution < 1.29 is 29.3 Å². The summed E-state index contributed by atoms with van der Waals surface area (Å²) in [7, 11) is 1.39. The molecule has 1 fully saturated rings. The summed E-state index contributed by atoms with van der Waals surface area (Å²) < 4.78 is 11.0. The van der Waals surface area contributed by atoms with Gasteiger partial charge in [0.2, 0.25) is 0 Å². The van der Waals surface area contributed by atoms with Crippen LogP contribution < -0.4 is 0 Å². The van der Waals surface area contributed by atoms with Crippen molar-refractivity contribution in [1.82, 2.24) is 0 Å². The molecule has 0 aromatic heterocycles. The molecule has 1 saturated heterocycles. The van der Waals surface area contributed by atoms with Crippen LogP contribution in [0.15, 0.2) is 35.5 Å². The third kappa shape index (κ3) is 4.43. The highest BCUT2D eigenvalue weighted by molar-refractivity contribution is 6.33. The number of allylic oxidation sites excluding steroid dienone is 3. The van der Waals surface area contributed by atoms with Crippen molar-refractivity contribution in [3.8, 4) is 11.5 Å². The average molecular weight is 394 g/mol. The van der Waals surface area contributed by atoms with E-state index in [9.17, 15) is 15.0 Å². The van der Waals surface area contributed by atoms with E-state index in [1.807, 2.05) is 12.2 Å². The number of cyclic esters (lactones) is 1. The van der Waals surface area contributed by atoms with Crippen LogP contribution in [0, 0.1) is 0 Å². The minimum absolute atomic E-state index is 0.0198. The smallest absolute Gasteiger partial charge is 0.342 e. The molecule has 1 aromatic carbocycles. The van der Waals surface area contributed by atoms with Crippen molar-refractivity contribution in [2.75, 3.05) is 7.11 Å². The Morgan fingerprint density at radius 1 is 1.30 bits per heavy atom. The molecule has 3 rings (SSSR count). The van der Waals surface area contributed by atoms with Crippen LogP contribution in [0.3, 0.4) is 0 Å². The molecule has 8 heteroatoms. The number of hydrogen-bond donors (Lipinski definition) is 2. The fraction of sp³-hybridized carbons (Fsp3) is 0.368. The van der Waals surface area contributed by atoms with E-state index in [0.717, 1.165) is 6.07 Å². The number of carbonyl (C=O) groups is 1. The molecule has 1 aromatic rings. The van der Waals surface area contributed by atoms with Gasteiger partial charge in [0.1, 0.15) is 36.4 Å². The van der Waals surface area contributed by atoms with E-state index in [1.54, 1.807) is 19.1 Å². The zero-order valence-electron chi connectivity index (χ0n) is 14.9. The van der Waals surface area contributed by atoms with Crippen molar-refractivity contribution in [2.24, 2.45) is 5.16 Å². The molecule has 2 heterocycles. The van der Waals surface area contributed by atoms with Gasteiger partial charge in [0.15, 0.2) is 0 Å². The molecule has 0 bridgehead atoms. The highest BCUT2D eigenvalue weighted by Crippen LogP contribution is 2.38. The van der Waals surface area contributed by atoms with Gasteiger partial charge in [-0.05, 0) is 18.6 Å². The second-order valence-corrected chi connectivity index (χ2v) is 6.74. The van der Waals surface area contributed by atoms with Crippen LogP contribution in [0.4, 0.5) is 0 Å². The Balaban J connectivity index is 2.06. The van der Waals surface area contributed by atoms with Crippen LogP contribution in [0.5, 0.6) is 11.5 Å². The number of fused-ring (bicyclic) bond motifs is 2. The number of phenols is 2. The number of phenolic OH excluding ortho intramolecular Hbond substituents is 2. The number of nitrogens with zero attached hydrogens (tertiary/aromatic N) is 1. The Bertz CT molecular complexity index is 832. The maximum Gasteiger partial charge on any atom is 0.342 e. The molecule has 0 saturated carbocycles. The standard InChI is InChI=1S/C19H20ClNO6/c1-10-7-16-15(27-16)6-4-3-5-11(21-25-2)8-12-17(19(24)26-10)13(22)9-14(23)18(12)20/h3-6,9-10,15-16,22-23H,7-8H2,1-2H3/b5-3+,6-4-,21-11+/t10-,15-,16-/m1/s1. The maximum absolute atomic E-state index is 12.7. The molecule has 0 radical (unpaired) electrons. The van der Waals surface area contributed by atoms with Crippen LogP contribution in [-0.2, 0) is 20.7 Å². The number of epoxide rings is 1. The van der Waals surface area contributed by atoms with Gasteiger partial charge in [0.25, 0.3) is 0 Å². The molecule has 2 aliphatic heterocycles. The van der Waals surface area contributed by atoms with E-state index < -0.39 is 17.8 Å². The minimum atomic E-state index is -0.734. The maximum atomic E-state index is 12.7. The largest absolute Gasteiger partial charge is 0.507 e. The lowest BCUT2D eigenvalue weighted by atomic mass is 9.99. The highest BCUT2D eigenvalue weighted by Gasteiger charge is 2.38. The number of benzene rings is 1. The third-order valence-corrected chi connectivity index (χ3v) is 4.71. The van der Waals surface area contributed by atoms with Crippen LogP contribution in [0.25, 0.3) is 0 Å². The van der Waals surface area contributed by atoms with Crippen molar-refractivity contribution in [2.45, 2.75) is 38.1 Å². The van der Waals surface area contributed by atoms with E-state index in [1.165, 1.54) is 7.11 Å². The fourth-order valence-corrected chi connectivity index (χ4v) is 3.19. The zero-order chi connectivity index (χ0) is 19.6. The summed E-state index contributed by atoms with van der Waals surface area (Å²) in [4.78, 5) is 17.5. The first kappa shape index (κ1) is 19.3. The lowest BCUT2D eigenvalue weighted by molar-refractivity contribution is 0.0306. The summed E-state index contributed by atoms with van der Waals surface area (Å²) >= 11 is 6.21. The summed E-state index contributed by atoms with van der Waals surface area (Å²) in [5, 5.41) is 24.1. The van der Waals surface area contributed by atoms with Gasteiger partial charge in [-0.2, -0.15) is 0 Å². The molecule has 0 spiro atoms. The quantitative estimate of drug-likeness (QED) is 0.432. The first-order valence-corrected chi connectivity index (χ1v) is 8.83. The minimum Gasteiger partial charge on any atom is -0.507 e. The average Bonchev–Trinajstić information content (AvgIpc) is 3.32. The van der Waals surface area contributed by atoms with E-state index in [-0.39, 0.29) is 40.5 Å². The molecule has 0 aliphatic carbocycles. The fourth-order valence-electron chi connectivity index (χ4n) is 2.97. The summed E-state index contributed by atoms with van der Waals surface area (Å²) in [6, 6.07) is 1.02. The van der Waals surface area contributed by atoms with E-state index in [2.05, 4.69) is 5.16 Å². The Kier molecular flexibility index (Phi) is 5.72. The number of ether oxygens (including phenoxy) is 2. The van der Waals surface area contributed by atoms with Crippen LogP contribution in [0.1, 0.15) is 29.3 Å². The van der Waals surface area contributed by atoms with Gasteiger partial charge in [-0.1, -0.05) is 35.0 Å². The third-order valence-electron chi connectivity index (χ3n) is 4.29. The van der Waals surface area contributed by atoms with Gasteiger partial charge in [-0.3, -0.25) is 0 Å². The predicted octanol–water partition coefficient (Wildman–Crippen LogP) is 3.12. The molecule has 0 amide bonds. The second-order valence-electron chi connectivity index (χ2n) is 6.36. The molecule has 3 atom stereocenters. The van der Waals surface area contributed by atoms with Crippen molar-refractivity contribution in [3.05, 3.63) is 46.5 Å². The van der Waals surface area contributed by atoms with E-state index in [0.29, 0.717) is 12.1 Å². The summed E-state index contributed by atoms with van der Waals surface area (Å²) in [6.07, 6.45) is 7.29. The zero-order valence-corrected chi connectivity index (χ0v) is 15.6. The summed E-state index contributed by atoms with van der Waals surface area (Å²) in [6.45, 7) is 1.75. The molecular weight excluding hydrogens is 374 g/mol. The topological polar surface area (TPSA) is 101 Å². The normalized spacial score (nSPS) is 29.1. The van der Waals surface area contributed by atoms with Crippen LogP contribution in [0.2, 0.25) is 5.02 Å². The van der Waals surface area contributed by atoms with Gasteiger partial charge in [0, 0.05) is 18.9 Å². The van der Waals surface area contributed by atoms with Gasteiger partial charge < -0.3 is 24.5 Å².